The van der Waals surface area contributed by atoms with Crippen molar-refractivity contribution < 1.29 is 23.6 Å². The van der Waals surface area contributed by atoms with Crippen molar-refractivity contribution in [2.75, 3.05) is 0 Å². The van der Waals surface area contributed by atoms with Gasteiger partial charge in [-0.25, -0.2) is 13.9 Å². The van der Waals surface area contributed by atoms with E-state index in [4.69, 9.17) is 14.4 Å². The van der Waals surface area contributed by atoms with Crippen LogP contribution in [-0.2, 0) is 15.9 Å². The highest BCUT2D eigenvalue weighted by atomic mass is 19.1. The molecule has 0 radical (unpaired) electrons. The average molecular weight is 387 g/mol. The third-order valence-electron chi connectivity index (χ3n) is 5.23. The molecule has 1 aromatic carbocycles. The summed E-state index contributed by atoms with van der Waals surface area (Å²) in [6.45, 7) is 9.32. The van der Waals surface area contributed by atoms with E-state index in [1.807, 2.05) is 46.8 Å². The molecule has 1 aliphatic heterocycles. The minimum Gasteiger partial charge on any atom is -0.476 e. The molecule has 2 heterocycles. The molecule has 0 unspecified atom stereocenters. The van der Waals surface area contributed by atoms with Crippen LogP contribution in [-0.4, -0.2) is 44.4 Å². The highest BCUT2D eigenvalue weighted by Gasteiger charge is 2.53. The zero-order valence-electron chi connectivity index (χ0n) is 16.6. The van der Waals surface area contributed by atoms with Crippen molar-refractivity contribution in [3.63, 3.8) is 0 Å². The Morgan fingerprint density at radius 2 is 1.75 bits per heavy atom. The van der Waals surface area contributed by atoms with E-state index >= 15 is 4.39 Å². The minimum atomic E-state index is -1.20. The van der Waals surface area contributed by atoms with E-state index < -0.39 is 30.0 Å². The monoisotopic (exact) mass is 387 g/mol. The number of aromatic nitrogens is 3. The average Bonchev–Trinajstić information content (AvgIpc) is 3.15. The van der Waals surface area contributed by atoms with Gasteiger partial charge in [-0.2, -0.15) is 0 Å². The summed E-state index contributed by atoms with van der Waals surface area (Å²) in [6, 6.07) is 7.34. The van der Waals surface area contributed by atoms with Crippen LogP contribution in [0.2, 0.25) is 0 Å². The van der Waals surface area contributed by atoms with E-state index in [1.165, 1.54) is 10.9 Å². The van der Waals surface area contributed by atoms with Crippen molar-refractivity contribution in [3.8, 4) is 0 Å². The maximum atomic E-state index is 15.5. The lowest BCUT2D eigenvalue weighted by Gasteiger charge is -2.32. The molecular formula is C19H23BFN3O4. The van der Waals surface area contributed by atoms with E-state index in [2.05, 4.69) is 10.3 Å². The standard InChI is InChI=1S/C19H23BFN3O4/c1-12-6-8-13(9-7-12)14(10-24-11-15(17(25)26)22-23-24)16(21)20-27-18(2,3)19(4,5)28-20/h6-9,11H,10H2,1-5H3,(H,25,26). The van der Waals surface area contributed by atoms with Gasteiger partial charge in [-0.05, 0) is 40.2 Å². The van der Waals surface area contributed by atoms with Gasteiger partial charge in [0.2, 0.25) is 0 Å². The van der Waals surface area contributed by atoms with Crippen molar-refractivity contribution in [1.29, 1.82) is 0 Å². The number of carbonyl (C=O) groups is 1. The van der Waals surface area contributed by atoms with Gasteiger partial charge in [-0.1, -0.05) is 35.0 Å². The Bertz CT molecular complexity index is 906. The first-order valence-corrected chi connectivity index (χ1v) is 8.95. The summed E-state index contributed by atoms with van der Waals surface area (Å²) in [7, 11) is -1.16. The largest absolute Gasteiger partial charge is 0.525 e. The lowest BCUT2D eigenvalue weighted by atomic mass is 9.82. The number of hydrogen-bond acceptors (Lipinski definition) is 5. The van der Waals surface area contributed by atoms with Crippen LogP contribution in [0.15, 0.2) is 36.2 Å². The van der Waals surface area contributed by atoms with Crippen molar-refractivity contribution in [1.82, 2.24) is 15.0 Å². The summed E-state index contributed by atoms with van der Waals surface area (Å²) >= 11 is 0. The zero-order chi connectivity index (χ0) is 20.7. The third-order valence-corrected chi connectivity index (χ3v) is 5.23. The second-order valence-corrected chi connectivity index (χ2v) is 7.89. The topological polar surface area (TPSA) is 86.5 Å². The van der Waals surface area contributed by atoms with Crippen molar-refractivity contribution in [2.45, 2.75) is 52.4 Å². The molecule has 28 heavy (non-hydrogen) atoms. The summed E-state index contributed by atoms with van der Waals surface area (Å²) in [6.07, 6.45) is 1.26. The van der Waals surface area contributed by atoms with E-state index in [0.717, 1.165) is 5.56 Å². The van der Waals surface area contributed by atoms with Crippen LogP contribution >= 0.6 is 0 Å². The number of carboxylic acid groups (broad SMARTS) is 1. The maximum Gasteiger partial charge on any atom is 0.525 e. The predicted molar refractivity (Wildman–Crippen MR) is 102 cm³/mol. The molecule has 0 saturated carbocycles. The summed E-state index contributed by atoms with van der Waals surface area (Å²) in [5.41, 5.74) is -0.193. The summed E-state index contributed by atoms with van der Waals surface area (Å²) in [5.74, 6) is -1.20. The Morgan fingerprint density at radius 3 is 2.25 bits per heavy atom. The highest BCUT2D eigenvalue weighted by Crippen LogP contribution is 2.40. The molecule has 0 amide bonds. The van der Waals surface area contributed by atoms with Gasteiger partial charge in [0, 0.05) is 5.57 Å². The molecule has 1 aliphatic rings. The van der Waals surface area contributed by atoms with Gasteiger partial charge in [-0.3, -0.25) is 0 Å². The van der Waals surface area contributed by atoms with Crippen molar-refractivity contribution in [2.24, 2.45) is 0 Å². The van der Waals surface area contributed by atoms with Gasteiger partial charge < -0.3 is 14.4 Å². The molecule has 3 rings (SSSR count). The van der Waals surface area contributed by atoms with Crippen LogP contribution in [0, 0.1) is 6.92 Å². The number of allylic oxidation sites excluding steroid dienone is 1. The molecule has 1 N–H and O–H groups in total. The van der Waals surface area contributed by atoms with Crippen LogP contribution in [0.1, 0.15) is 49.3 Å². The number of aryl methyl sites for hydroxylation is 1. The van der Waals surface area contributed by atoms with E-state index in [1.54, 1.807) is 12.1 Å². The molecule has 0 spiro atoms. The van der Waals surface area contributed by atoms with Gasteiger partial charge in [0.15, 0.2) is 5.69 Å². The Labute approximate surface area is 163 Å². The lowest BCUT2D eigenvalue weighted by Crippen LogP contribution is -2.41. The third kappa shape index (κ3) is 3.86. The normalized spacial score (nSPS) is 18.9. The first-order valence-electron chi connectivity index (χ1n) is 8.95. The van der Waals surface area contributed by atoms with E-state index in [-0.39, 0.29) is 12.2 Å². The molecule has 2 aromatic rings. The van der Waals surface area contributed by atoms with Crippen molar-refractivity contribution >= 4 is 18.7 Å². The van der Waals surface area contributed by atoms with Crippen molar-refractivity contribution in [3.05, 3.63) is 53.0 Å². The Morgan fingerprint density at radius 1 is 1.18 bits per heavy atom. The maximum absolute atomic E-state index is 15.5. The smallest absolute Gasteiger partial charge is 0.476 e. The fraction of sp³-hybridized carbons (Fsp3) is 0.421. The minimum absolute atomic E-state index is 0.0146. The lowest BCUT2D eigenvalue weighted by molar-refractivity contribution is 0.00578. The predicted octanol–water partition coefficient (Wildman–Crippen LogP) is 3.30. The molecule has 1 aromatic heterocycles. The number of rotatable bonds is 5. The van der Waals surface area contributed by atoms with Gasteiger partial charge in [0.05, 0.1) is 23.9 Å². The summed E-state index contributed by atoms with van der Waals surface area (Å²) < 4.78 is 28.5. The molecule has 7 nitrogen and oxygen atoms in total. The van der Waals surface area contributed by atoms with E-state index in [0.29, 0.717) is 11.1 Å². The van der Waals surface area contributed by atoms with Crippen LogP contribution in [0.5, 0.6) is 0 Å². The zero-order valence-corrected chi connectivity index (χ0v) is 16.6. The van der Waals surface area contributed by atoms with Gasteiger partial charge in [-0.15, -0.1) is 5.10 Å². The second-order valence-electron chi connectivity index (χ2n) is 7.89. The molecule has 1 saturated heterocycles. The van der Waals surface area contributed by atoms with Crippen LogP contribution in [0.4, 0.5) is 4.39 Å². The molecule has 148 valence electrons. The fourth-order valence-electron chi connectivity index (χ4n) is 2.78. The number of carboxylic acids is 1. The Hall–Kier alpha value is -2.52. The number of aromatic carboxylic acids is 1. The second kappa shape index (κ2) is 7.14. The quantitative estimate of drug-likeness (QED) is 0.793. The first kappa shape index (κ1) is 20.2. The Kier molecular flexibility index (Phi) is 5.16. The first-order chi connectivity index (χ1) is 13.0. The number of halogens is 1. The number of nitrogens with zero attached hydrogens (tertiary/aromatic N) is 3. The molecule has 0 bridgehead atoms. The van der Waals surface area contributed by atoms with Gasteiger partial charge in [0.1, 0.15) is 5.73 Å². The van der Waals surface area contributed by atoms with Crippen LogP contribution < -0.4 is 0 Å². The highest BCUT2D eigenvalue weighted by molar-refractivity contribution is 6.55. The Balaban J connectivity index is 2.01. The molecule has 1 fully saturated rings. The van der Waals surface area contributed by atoms with E-state index in [9.17, 15) is 4.79 Å². The van der Waals surface area contributed by atoms with Gasteiger partial charge >= 0.3 is 13.1 Å². The van der Waals surface area contributed by atoms with Crippen LogP contribution in [0.25, 0.3) is 5.57 Å². The van der Waals surface area contributed by atoms with Crippen LogP contribution in [0.3, 0.4) is 0 Å². The molecular weight excluding hydrogens is 364 g/mol. The molecule has 0 atom stereocenters. The number of hydrogen-bond donors (Lipinski definition) is 1. The fourth-order valence-corrected chi connectivity index (χ4v) is 2.78. The molecule has 9 heteroatoms. The SMILES string of the molecule is Cc1ccc(C(Cn2cc(C(=O)O)nn2)=C(F)B2OC(C)(C)C(C)(C)O2)cc1. The summed E-state index contributed by atoms with van der Waals surface area (Å²) in [5, 5.41) is 16.4. The molecule has 0 aliphatic carbocycles. The number of benzene rings is 1. The van der Waals surface area contributed by atoms with Gasteiger partial charge in [0.25, 0.3) is 0 Å². The summed E-state index contributed by atoms with van der Waals surface area (Å²) in [4.78, 5) is 11.1.